The van der Waals surface area contributed by atoms with E-state index in [2.05, 4.69) is 9.89 Å². The molecule has 0 aromatic carbocycles. The van der Waals surface area contributed by atoms with Crippen molar-refractivity contribution >= 4 is 5.84 Å². The Balaban J connectivity index is 1.74. The summed E-state index contributed by atoms with van der Waals surface area (Å²) in [5.41, 5.74) is 5.81. The fourth-order valence-corrected chi connectivity index (χ4v) is 1.47. The summed E-state index contributed by atoms with van der Waals surface area (Å²) in [5.74, 6) is 0.796. The number of ether oxygens (including phenoxy) is 1. The Morgan fingerprint density at radius 3 is 2.69 bits per heavy atom. The maximum atomic E-state index is 5.81. The first-order valence-corrected chi connectivity index (χ1v) is 4.97. The highest BCUT2D eigenvalue weighted by Crippen LogP contribution is 2.23. The Kier molecular flexibility index (Phi) is 2.80. The normalized spacial score (nSPS) is 26.3. The van der Waals surface area contributed by atoms with Gasteiger partial charge in [-0.1, -0.05) is 0 Å². The fraction of sp³-hybridized carbons (Fsp3) is 0.889. The van der Waals surface area contributed by atoms with Crippen LogP contribution in [0.25, 0.3) is 0 Å². The third kappa shape index (κ3) is 2.97. The van der Waals surface area contributed by atoms with Crippen molar-refractivity contribution in [3.05, 3.63) is 0 Å². The van der Waals surface area contributed by atoms with Crippen molar-refractivity contribution in [2.75, 3.05) is 32.8 Å². The average molecular weight is 183 g/mol. The number of aliphatic imine (C=N–C) groups is 1. The van der Waals surface area contributed by atoms with Crippen molar-refractivity contribution in [2.24, 2.45) is 10.7 Å². The van der Waals surface area contributed by atoms with Crippen molar-refractivity contribution in [2.45, 2.75) is 18.9 Å². The predicted octanol–water partition coefficient (Wildman–Crippen LogP) is -0.162. The van der Waals surface area contributed by atoms with E-state index in [1.807, 2.05) is 0 Å². The number of hydrogen-bond acceptors (Lipinski definition) is 3. The number of nitrogens with two attached hydrogens (primary N) is 1. The second-order valence-corrected chi connectivity index (χ2v) is 3.74. The quantitative estimate of drug-likeness (QED) is 0.488. The van der Waals surface area contributed by atoms with Crippen LogP contribution in [0.3, 0.4) is 0 Å². The second kappa shape index (κ2) is 4.07. The van der Waals surface area contributed by atoms with Crippen LogP contribution in [0.2, 0.25) is 0 Å². The predicted molar refractivity (Wildman–Crippen MR) is 51.9 cm³/mol. The first-order valence-electron chi connectivity index (χ1n) is 4.97. The lowest BCUT2D eigenvalue weighted by atomic mass is 10.4. The molecular weight excluding hydrogens is 166 g/mol. The summed E-state index contributed by atoms with van der Waals surface area (Å²) < 4.78 is 5.25. The molecule has 2 aliphatic rings. The first-order chi connectivity index (χ1) is 6.34. The van der Waals surface area contributed by atoms with Gasteiger partial charge < -0.3 is 10.5 Å². The zero-order valence-corrected chi connectivity index (χ0v) is 7.91. The summed E-state index contributed by atoms with van der Waals surface area (Å²) in [6.07, 6.45) is 2.45. The molecule has 1 heterocycles. The van der Waals surface area contributed by atoms with Crippen LogP contribution in [0.5, 0.6) is 0 Å². The third-order valence-corrected chi connectivity index (χ3v) is 2.38. The van der Waals surface area contributed by atoms with Gasteiger partial charge in [0, 0.05) is 13.1 Å². The van der Waals surface area contributed by atoms with E-state index < -0.39 is 0 Å². The molecule has 0 bridgehead atoms. The molecule has 0 spiro atoms. The largest absolute Gasteiger partial charge is 0.386 e. The van der Waals surface area contributed by atoms with Crippen LogP contribution in [0.4, 0.5) is 0 Å². The van der Waals surface area contributed by atoms with Gasteiger partial charge in [-0.15, -0.1) is 0 Å². The number of amidine groups is 1. The Morgan fingerprint density at radius 1 is 1.38 bits per heavy atom. The molecule has 4 nitrogen and oxygen atoms in total. The molecule has 1 saturated heterocycles. The highest BCUT2D eigenvalue weighted by atomic mass is 16.5. The number of hydrogen-bond donors (Lipinski definition) is 1. The molecule has 1 aliphatic heterocycles. The van der Waals surface area contributed by atoms with Gasteiger partial charge in [-0.05, 0) is 12.8 Å². The van der Waals surface area contributed by atoms with Crippen LogP contribution >= 0.6 is 0 Å². The van der Waals surface area contributed by atoms with Gasteiger partial charge in [0.15, 0.2) is 0 Å². The Labute approximate surface area is 78.8 Å². The zero-order chi connectivity index (χ0) is 9.10. The zero-order valence-electron chi connectivity index (χ0n) is 7.91. The lowest BCUT2D eigenvalue weighted by Gasteiger charge is -2.26. The average Bonchev–Trinajstić information content (AvgIpc) is 2.90. The fourth-order valence-electron chi connectivity index (χ4n) is 1.47. The molecule has 2 N–H and O–H groups in total. The summed E-state index contributed by atoms with van der Waals surface area (Å²) in [5, 5.41) is 0. The molecule has 2 rings (SSSR count). The Hall–Kier alpha value is -0.610. The van der Waals surface area contributed by atoms with E-state index in [0.717, 1.165) is 38.7 Å². The van der Waals surface area contributed by atoms with Gasteiger partial charge in [0.05, 0.1) is 25.8 Å². The highest BCUT2D eigenvalue weighted by molar-refractivity contribution is 5.82. The summed E-state index contributed by atoms with van der Waals surface area (Å²) in [6.45, 7) is 4.45. The van der Waals surface area contributed by atoms with E-state index in [-0.39, 0.29) is 0 Å². The van der Waals surface area contributed by atoms with E-state index >= 15 is 0 Å². The van der Waals surface area contributed by atoms with Gasteiger partial charge >= 0.3 is 0 Å². The summed E-state index contributed by atoms with van der Waals surface area (Å²) >= 11 is 0. The topological polar surface area (TPSA) is 50.8 Å². The summed E-state index contributed by atoms with van der Waals surface area (Å²) in [6, 6.07) is 0.543. The molecule has 74 valence electrons. The van der Waals surface area contributed by atoms with Crippen molar-refractivity contribution in [1.82, 2.24) is 4.90 Å². The van der Waals surface area contributed by atoms with E-state index in [4.69, 9.17) is 10.5 Å². The van der Waals surface area contributed by atoms with Gasteiger partial charge in [0.25, 0.3) is 0 Å². The van der Waals surface area contributed by atoms with Crippen molar-refractivity contribution < 1.29 is 4.74 Å². The van der Waals surface area contributed by atoms with E-state index in [1.54, 1.807) is 0 Å². The molecule has 0 aromatic heterocycles. The van der Waals surface area contributed by atoms with Gasteiger partial charge in [0.2, 0.25) is 0 Å². The minimum atomic E-state index is 0.543. The smallest absolute Gasteiger partial charge is 0.108 e. The van der Waals surface area contributed by atoms with Gasteiger partial charge in [-0.3, -0.25) is 9.89 Å². The third-order valence-electron chi connectivity index (χ3n) is 2.38. The molecular formula is C9H17N3O. The standard InChI is InChI=1S/C9H17N3O/c10-9(11-8-1-2-8)7-12-3-5-13-6-4-12/h8H,1-7H2,(H2,10,11). The molecule has 0 atom stereocenters. The van der Waals surface area contributed by atoms with E-state index in [0.29, 0.717) is 6.04 Å². The van der Waals surface area contributed by atoms with Crippen LogP contribution in [0.1, 0.15) is 12.8 Å². The molecule has 2 fully saturated rings. The molecule has 0 aromatic rings. The molecule has 1 saturated carbocycles. The van der Waals surface area contributed by atoms with E-state index in [9.17, 15) is 0 Å². The van der Waals surface area contributed by atoms with E-state index in [1.165, 1.54) is 12.8 Å². The molecule has 4 heteroatoms. The minimum Gasteiger partial charge on any atom is -0.386 e. The highest BCUT2D eigenvalue weighted by Gasteiger charge is 2.21. The van der Waals surface area contributed by atoms with Crippen molar-refractivity contribution in [3.63, 3.8) is 0 Å². The van der Waals surface area contributed by atoms with Crippen LogP contribution in [-0.4, -0.2) is 49.6 Å². The molecule has 0 unspecified atom stereocenters. The number of rotatable bonds is 3. The van der Waals surface area contributed by atoms with Crippen molar-refractivity contribution in [1.29, 1.82) is 0 Å². The maximum absolute atomic E-state index is 5.81. The lowest BCUT2D eigenvalue weighted by Crippen LogP contribution is -2.41. The van der Waals surface area contributed by atoms with Gasteiger partial charge in [0.1, 0.15) is 5.84 Å². The number of morpholine rings is 1. The molecule has 0 amide bonds. The molecule has 13 heavy (non-hydrogen) atoms. The number of nitrogens with zero attached hydrogens (tertiary/aromatic N) is 2. The Morgan fingerprint density at radius 2 is 2.08 bits per heavy atom. The van der Waals surface area contributed by atoms with Crippen LogP contribution in [-0.2, 0) is 4.74 Å². The van der Waals surface area contributed by atoms with Crippen molar-refractivity contribution in [3.8, 4) is 0 Å². The SMILES string of the molecule is NC(CN1CCOCC1)=NC1CC1. The lowest BCUT2D eigenvalue weighted by molar-refractivity contribution is 0.0451. The van der Waals surface area contributed by atoms with Gasteiger partial charge in [-0.2, -0.15) is 0 Å². The molecule has 1 aliphatic carbocycles. The monoisotopic (exact) mass is 183 g/mol. The summed E-state index contributed by atoms with van der Waals surface area (Å²) in [7, 11) is 0. The summed E-state index contributed by atoms with van der Waals surface area (Å²) in [4.78, 5) is 6.69. The second-order valence-electron chi connectivity index (χ2n) is 3.74. The first kappa shape index (κ1) is 8.97. The van der Waals surface area contributed by atoms with Crippen LogP contribution in [0, 0.1) is 0 Å². The minimum absolute atomic E-state index is 0.543. The van der Waals surface area contributed by atoms with Gasteiger partial charge in [-0.25, -0.2) is 0 Å². The molecule has 0 radical (unpaired) electrons. The van der Waals surface area contributed by atoms with Crippen LogP contribution < -0.4 is 5.73 Å². The Bertz CT molecular complexity index is 195. The van der Waals surface area contributed by atoms with Crippen LogP contribution in [0.15, 0.2) is 4.99 Å². The maximum Gasteiger partial charge on any atom is 0.108 e.